The molecule has 0 unspecified atom stereocenters. The van der Waals surface area contributed by atoms with Crippen molar-refractivity contribution in [3.8, 4) is 0 Å². The molecule has 3 N–H and O–H groups in total. The van der Waals surface area contributed by atoms with Crippen molar-refractivity contribution in [3.05, 3.63) is 48.6 Å². The van der Waals surface area contributed by atoms with E-state index in [1.165, 1.54) is 103 Å². The zero-order valence-corrected chi connectivity index (χ0v) is 35.8. The number of hydrogen-bond acceptors (Lipinski definition) is 7. The minimum atomic E-state index is -4.78. The minimum Gasteiger partial charge on any atom is -0.462 e. The highest BCUT2D eigenvalue weighted by molar-refractivity contribution is 7.46. The van der Waals surface area contributed by atoms with Crippen LogP contribution in [0.5, 0.6) is 0 Å². The molecule has 0 saturated carbocycles. The number of hydrogen-bond donors (Lipinski definition) is 3. The van der Waals surface area contributed by atoms with E-state index < -0.39 is 32.5 Å². The van der Waals surface area contributed by atoms with Gasteiger partial charge in [0.25, 0.3) is 0 Å². The monoisotopic (exact) mass is 797 g/mol. The van der Waals surface area contributed by atoms with E-state index in [-0.39, 0.29) is 25.6 Å². The maximum Gasteiger partial charge on any atom is 0.469 e. The van der Waals surface area contributed by atoms with Crippen LogP contribution >= 0.6 is 7.82 Å². The second-order valence-corrected chi connectivity index (χ2v) is 16.1. The second-order valence-electron chi connectivity index (χ2n) is 14.9. The van der Waals surface area contributed by atoms with Gasteiger partial charge in [-0.3, -0.25) is 14.1 Å². The fourth-order valence-corrected chi connectivity index (χ4v) is 6.48. The van der Waals surface area contributed by atoms with Gasteiger partial charge >= 0.3 is 19.8 Å². The molecular formula is C45H81O9P. The molecule has 9 nitrogen and oxygen atoms in total. The van der Waals surface area contributed by atoms with Gasteiger partial charge in [-0.25, -0.2) is 4.57 Å². The van der Waals surface area contributed by atoms with Gasteiger partial charge in [0.1, 0.15) is 6.61 Å². The molecule has 0 bridgehead atoms. The molecule has 0 fully saturated rings. The molecule has 0 heterocycles. The topological polar surface area (TPSA) is 140 Å². The molecule has 0 spiro atoms. The van der Waals surface area contributed by atoms with Crippen LogP contribution in [0.1, 0.15) is 200 Å². The standard InChI is InChI=1S/C45H81O9P/c1-3-5-7-8-9-10-11-12-13-14-15-16-17-18-21-24-27-30-34-38-44(47)52-40-43(41-53-55(49,50)51)54-45(48)39-35-31-28-25-22-19-20-23-26-29-33-37-42(46)36-32-6-4-2/h19-20,25-26,28-29,33,37,42-43,46H,3-18,21-24,27,30-32,34-36,38-41H2,1-2H3,(H2,49,50,51)/b20-19-,28-25-,29-26-,37-33+/t42-,43+/m0/s1. The van der Waals surface area contributed by atoms with Crippen LogP contribution in [0.15, 0.2) is 48.6 Å². The third kappa shape index (κ3) is 42.9. The summed E-state index contributed by atoms with van der Waals surface area (Å²) in [6.07, 6.45) is 45.9. The van der Waals surface area contributed by atoms with Crippen molar-refractivity contribution < 1.29 is 43.0 Å². The van der Waals surface area contributed by atoms with Crippen LogP contribution in [-0.4, -0.2) is 52.3 Å². The SMILES string of the molecule is CCCCCCCCCCCCCCCCCCCCCC(=O)OC[C@H](COP(=O)(O)O)OC(=O)CCC/C=C\C/C=C\C/C=C\C=C\[C@@H](O)CCCCC. The van der Waals surface area contributed by atoms with E-state index in [2.05, 4.69) is 30.5 Å². The Morgan fingerprint density at radius 1 is 0.564 bits per heavy atom. The zero-order valence-electron chi connectivity index (χ0n) is 34.9. The molecule has 0 aliphatic heterocycles. The van der Waals surface area contributed by atoms with E-state index in [1.807, 2.05) is 36.5 Å². The number of unbranched alkanes of at least 4 members (excludes halogenated alkanes) is 21. The largest absolute Gasteiger partial charge is 0.469 e. The Labute approximate surface area is 336 Å². The zero-order chi connectivity index (χ0) is 40.5. The van der Waals surface area contributed by atoms with Crippen LogP contribution in [0.2, 0.25) is 0 Å². The number of esters is 2. The van der Waals surface area contributed by atoms with Gasteiger partial charge in [0, 0.05) is 12.8 Å². The summed E-state index contributed by atoms with van der Waals surface area (Å²) >= 11 is 0. The lowest BCUT2D eigenvalue weighted by Crippen LogP contribution is -2.29. The summed E-state index contributed by atoms with van der Waals surface area (Å²) in [7, 11) is -4.78. The van der Waals surface area contributed by atoms with Gasteiger partial charge < -0.3 is 24.4 Å². The van der Waals surface area contributed by atoms with E-state index in [1.54, 1.807) is 0 Å². The first kappa shape index (κ1) is 53.0. The van der Waals surface area contributed by atoms with Crippen LogP contribution < -0.4 is 0 Å². The first-order valence-electron chi connectivity index (χ1n) is 22.0. The van der Waals surface area contributed by atoms with Crippen molar-refractivity contribution in [2.45, 2.75) is 212 Å². The predicted octanol–water partition coefficient (Wildman–Crippen LogP) is 12.5. The summed E-state index contributed by atoms with van der Waals surface area (Å²) in [6, 6.07) is 0. The van der Waals surface area contributed by atoms with Crippen molar-refractivity contribution in [1.82, 2.24) is 0 Å². The molecule has 55 heavy (non-hydrogen) atoms. The van der Waals surface area contributed by atoms with E-state index in [4.69, 9.17) is 19.3 Å². The molecule has 0 aromatic rings. The van der Waals surface area contributed by atoms with Crippen LogP contribution in [0.25, 0.3) is 0 Å². The number of phosphoric ester groups is 1. The summed E-state index contributed by atoms with van der Waals surface area (Å²) in [5, 5.41) is 9.87. The lowest BCUT2D eigenvalue weighted by Gasteiger charge is -2.18. The third-order valence-electron chi connectivity index (χ3n) is 9.45. The normalized spacial score (nSPS) is 13.5. The summed E-state index contributed by atoms with van der Waals surface area (Å²) in [4.78, 5) is 42.9. The van der Waals surface area contributed by atoms with Gasteiger partial charge in [-0.15, -0.1) is 0 Å². The Hall–Kier alpha value is -2.03. The second kappa shape index (κ2) is 40.2. The van der Waals surface area contributed by atoms with Crippen LogP contribution in [0.3, 0.4) is 0 Å². The molecule has 10 heteroatoms. The van der Waals surface area contributed by atoms with E-state index in [0.29, 0.717) is 19.3 Å². The molecule has 2 atom stereocenters. The first-order valence-corrected chi connectivity index (χ1v) is 23.6. The summed E-state index contributed by atoms with van der Waals surface area (Å²) in [6.45, 7) is 3.53. The molecule has 0 radical (unpaired) electrons. The Morgan fingerprint density at radius 2 is 1.04 bits per heavy atom. The van der Waals surface area contributed by atoms with Crippen molar-refractivity contribution >= 4 is 19.8 Å². The lowest BCUT2D eigenvalue weighted by molar-refractivity contribution is -0.161. The summed E-state index contributed by atoms with van der Waals surface area (Å²) in [5.41, 5.74) is 0. The molecule has 0 aliphatic carbocycles. The molecule has 0 aromatic heterocycles. The number of allylic oxidation sites excluding steroid dienone is 7. The van der Waals surface area contributed by atoms with Gasteiger partial charge in [-0.2, -0.15) is 0 Å². The molecule has 0 rings (SSSR count). The van der Waals surface area contributed by atoms with Gasteiger partial charge in [-0.1, -0.05) is 197 Å². The van der Waals surface area contributed by atoms with Crippen molar-refractivity contribution in [1.29, 1.82) is 0 Å². The van der Waals surface area contributed by atoms with Crippen molar-refractivity contribution in [2.24, 2.45) is 0 Å². The molecule has 0 saturated heterocycles. The fraction of sp³-hybridized carbons (Fsp3) is 0.778. The molecule has 320 valence electrons. The summed E-state index contributed by atoms with van der Waals surface area (Å²) < 4.78 is 26.3. The fourth-order valence-electron chi connectivity index (χ4n) is 6.12. The lowest BCUT2D eigenvalue weighted by atomic mass is 10.0. The first-order chi connectivity index (χ1) is 26.7. The number of carbonyl (C=O) groups is 2. The Balaban J connectivity index is 4.00. The van der Waals surface area contributed by atoms with Crippen molar-refractivity contribution in [2.75, 3.05) is 13.2 Å². The highest BCUT2D eigenvalue weighted by atomic mass is 31.2. The quantitative estimate of drug-likeness (QED) is 0.0182. The molecule has 0 amide bonds. The molecule has 0 aromatic carbocycles. The van der Waals surface area contributed by atoms with E-state index >= 15 is 0 Å². The number of aliphatic hydroxyl groups is 1. The average Bonchev–Trinajstić information content (AvgIpc) is 3.15. The molecule has 0 aliphatic rings. The number of carbonyl (C=O) groups excluding carboxylic acids is 2. The van der Waals surface area contributed by atoms with Gasteiger partial charge in [0.2, 0.25) is 0 Å². The number of aliphatic hydroxyl groups excluding tert-OH is 1. The smallest absolute Gasteiger partial charge is 0.462 e. The number of rotatable bonds is 40. The Kier molecular flexibility index (Phi) is 38.7. The van der Waals surface area contributed by atoms with Crippen LogP contribution in [0.4, 0.5) is 0 Å². The summed E-state index contributed by atoms with van der Waals surface area (Å²) in [5.74, 6) is -0.971. The maximum atomic E-state index is 12.4. The highest BCUT2D eigenvalue weighted by Gasteiger charge is 2.22. The predicted molar refractivity (Wildman–Crippen MR) is 227 cm³/mol. The third-order valence-corrected chi connectivity index (χ3v) is 9.94. The van der Waals surface area contributed by atoms with Crippen molar-refractivity contribution in [3.63, 3.8) is 0 Å². The average molecular weight is 797 g/mol. The highest BCUT2D eigenvalue weighted by Crippen LogP contribution is 2.36. The maximum absolute atomic E-state index is 12.4. The van der Waals surface area contributed by atoms with Gasteiger partial charge in [0.05, 0.1) is 12.7 Å². The van der Waals surface area contributed by atoms with E-state index in [9.17, 15) is 19.3 Å². The van der Waals surface area contributed by atoms with Crippen LogP contribution in [-0.2, 0) is 28.2 Å². The number of ether oxygens (including phenoxy) is 2. The number of phosphoric acid groups is 1. The van der Waals surface area contributed by atoms with E-state index in [0.717, 1.165) is 51.4 Å². The Morgan fingerprint density at radius 3 is 1.58 bits per heavy atom. The van der Waals surface area contributed by atoms with Crippen LogP contribution in [0, 0.1) is 0 Å². The minimum absolute atomic E-state index is 0.117. The Bertz CT molecular complexity index is 1050. The van der Waals surface area contributed by atoms with Gasteiger partial charge in [-0.05, 0) is 38.5 Å². The molecular weight excluding hydrogens is 715 g/mol. The van der Waals surface area contributed by atoms with Gasteiger partial charge in [0.15, 0.2) is 6.10 Å².